The van der Waals surface area contributed by atoms with Gasteiger partial charge in [-0.2, -0.15) is 4.98 Å². The fourth-order valence-corrected chi connectivity index (χ4v) is 3.74. The number of hydrogen-bond acceptors (Lipinski definition) is 4. The second-order valence-electron chi connectivity index (χ2n) is 6.52. The Morgan fingerprint density at radius 2 is 2.00 bits per heavy atom. The number of hydrogen-bond donors (Lipinski definition) is 1. The van der Waals surface area contributed by atoms with Crippen LogP contribution < -0.4 is 5.69 Å². The predicted octanol–water partition coefficient (Wildman–Crippen LogP) is 0.616. The van der Waals surface area contributed by atoms with Crippen molar-refractivity contribution in [3.05, 3.63) is 40.4 Å². The normalized spacial score (nSPS) is 23.6. The van der Waals surface area contributed by atoms with Gasteiger partial charge in [0.05, 0.1) is 11.4 Å². The van der Waals surface area contributed by atoms with E-state index in [2.05, 4.69) is 9.97 Å². The lowest BCUT2D eigenvalue weighted by atomic mass is 9.95. The van der Waals surface area contributed by atoms with Crippen LogP contribution in [0.25, 0.3) is 10.9 Å². The molecule has 2 bridgehead atoms. The van der Waals surface area contributed by atoms with Gasteiger partial charge in [0.15, 0.2) is 0 Å². The zero-order valence-corrected chi connectivity index (χ0v) is 13.4. The summed E-state index contributed by atoms with van der Waals surface area (Å²) in [6, 6.07) is 7.16. The van der Waals surface area contributed by atoms with Gasteiger partial charge in [-0.15, -0.1) is 0 Å². The molecule has 0 unspecified atom stereocenters. The van der Waals surface area contributed by atoms with Crippen molar-refractivity contribution in [2.45, 2.75) is 18.9 Å². The number of carbonyl (C=O) groups is 2. The number of H-pyrrole nitrogens is 1. The Labute approximate surface area is 138 Å². The second kappa shape index (κ2) is 5.43. The number of aromatic amines is 1. The molecular weight excluding hydrogens is 308 g/mol. The summed E-state index contributed by atoms with van der Waals surface area (Å²) < 4.78 is 0. The zero-order valence-electron chi connectivity index (χ0n) is 13.4. The van der Waals surface area contributed by atoms with Crippen molar-refractivity contribution >= 4 is 22.7 Å². The SMILES string of the molecule is CN1C(=O)[C@@H]2CC[C@H]1CN(C(=O)c1nc(=O)[nH]c3ccccc13)C2. The standard InChI is InChI=1S/C17H18N4O3/c1-20-11-7-6-10(15(20)22)8-21(9-11)16(23)14-12-4-2-3-5-13(12)18-17(24)19-14/h2-5,10-11H,6-9H2,1H3,(H,18,19,24)/t10-,11+/m1/s1. The van der Waals surface area contributed by atoms with Crippen molar-refractivity contribution in [2.24, 2.45) is 5.92 Å². The lowest BCUT2D eigenvalue weighted by molar-refractivity contribution is -0.138. The Hall–Kier alpha value is -2.70. The molecule has 124 valence electrons. The third-order valence-electron chi connectivity index (χ3n) is 5.09. The van der Waals surface area contributed by atoms with Gasteiger partial charge in [0.1, 0.15) is 5.69 Å². The van der Waals surface area contributed by atoms with Crippen LogP contribution in [0.5, 0.6) is 0 Å². The molecule has 4 heterocycles. The summed E-state index contributed by atoms with van der Waals surface area (Å²) >= 11 is 0. The summed E-state index contributed by atoms with van der Waals surface area (Å²) in [6.45, 7) is 0.877. The van der Waals surface area contributed by atoms with E-state index in [-0.39, 0.29) is 29.5 Å². The fraction of sp³-hybridized carbons (Fsp3) is 0.412. The van der Waals surface area contributed by atoms with Gasteiger partial charge in [-0.25, -0.2) is 4.79 Å². The van der Waals surface area contributed by atoms with Gasteiger partial charge in [-0.3, -0.25) is 9.59 Å². The van der Waals surface area contributed by atoms with Crippen molar-refractivity contribution in [2.75, 3.05) is 20.1 Å². The molecule has 3 aliphatic rings. The fourth-order valence-electron chi connectivity index (χ4n) is 3.74. The van der Waals surface area contributed by atoms with E-state index in [1.165, 1.54) is 0 Å². The van der Waals surface area contributed by atoms with Gasteiger partial charge in [-0.1, -0.05) is 18.2 Å². The second-order valence-corrected chi connectivity index (χ2v) is 6.52. The van der Waals surface area contributed by atoms with Crippen LogP contribution in [-0.2, 0) is 4.79 Å². The summed E-state index contributed by atoms with van der Waals surface area (Å²) in [5, 5.41) is 0.623. The lowest BCUT2D eigenvalue weighted by Crippen LogP contribution is -2.45. The number of para-hydroxylation sites is 1. The van der Waals surface area contributed by atoms with Gasteiger partial charge in [-0.05, 0) is 18.9 Å². The van der Waals surface area contributed by atoms with Crippen molar-refractivity contribution in [3.63, 3.8) is 0 Å². The molecule has 24 heavy (non-hydrogen) atoms. The molecule has 2 amide bonds. The van der Waals surface area contributed by atoms with Gasteiger partial charge in [0.25, 0.3) is 5.91 Å². The molecule has 1 aromatic heterocycles. The van der Waals surface area contributed by atoms with Gasteiger partial charge in [0.2, 0.25) is 5.91 Å². The number of nitrogens with zero attached hydrogens (tertiary/aromatic N) is 3. The molecular formula is C17H18N4O3. The number of piperidine rings is 1. The number of aromatic nitrogens is 2. The highest BCUT2D eigenvalue weighted by Gasteiger charge is 2.40. The maximum Gasteiger partial charge on any atom is 0.346 e. The molecule has 0 saturated carbocycles. The third-order valence-corrected chi connectivity index (χ3v) is 5.09. The van der Waals surface area contributed by atoms with E-state index in [0.29, 0.717) is 24.0 Å². The minimum absolute atomic E-state index is 0.0356. The largest absolute Gasteiger partial charge is 0.346 e. The highest BCUT2D eigenvalue weighted by atomic mass is 16.2. The summed E-state index contributed by atoms with van der Waals surface area (Å²) in [5.74, 6) is -0.339. The maximum atomic E-state index is 13.0. The van der Waals surface area contributed by atoms with E-state index < -0.39 is 5.69 Å². The van der Waals surface area contributed by atoms with E-state index in [1.807, 2.05) is 6.07 Å². The number of nitrogens with one attached hydrogen (secondary N) is 1. The van der Waals surface area contributed by atoms with Crippen molar-refractivity contribution < 1.29 is 9.59 Å². The number of fused-ring (bicyclic) bond motifs is 5. The summed E-state index contributed by atoms with van der Waals surface area (Å²) in [6.07, 6.45) is 1.71. The van der Waals surface area contributed by atoms with Gasteiger partial charge >= 0.3 is 5.69 Å². The summed E-state index contributed by atoms with van der Waals surface area (Å²) in [4.78, 5) is 47.1. The maximum absolute atomic E-state index is 13.0. The minimum Gasteiger partial charge on any atom is -0.341 e. The topological polar surface area (TPSA) is 86.4 Å². The van der Waals surface area contributed by atoms with Crippen LogP contribution in [0, 0.1) is 5.92 Å². The van der Waals surface area contributed by atoms with Crippen LogP contribution in [0.1, 0.15) is 23.3 Å². The molecule has 5 rings (SSSR count). The molecule has 0 aliphatic carbocycles. The average molecular weight is 326 g/mol. The van der Waals surface area contributed by atoms with Crippen LogP contribution in [-0.4, -0.2) is 57.8 Å². The monoisotopic (exact) mass is 326 g/mol. The molecule has 7 nitrogen and oxygen atoms in total. The Bertz CT molecular complexity index is 891. The van der Waals surface area contributed by atoms with Crippen LogP contribution >= 0.6 is 0 Å². The summed E-state index contributed by atoms with van der Waals surface area (Å²) in [7, 11) is 1.80. The number of benzene rings is 1. The molecule has 3 aliphatic heterocycles. The van der Waals surface area contributed by atoms with E-state index in [9.17, 15) is 14.4 Å². The quantitative estimate of drug-likeness (QED) is 0.832. The van der Waals surface area contributed by atoms with E-state index in [1.54, 1.807) is 35.0 Å². The molecule has 0 spiro atoms. The van der Waals surface area contributed by atoms with Crippen LogP contribution in [0.2, 0.25) is 0 Å². The van der Waals surface area contributed by atoms with Crippen LogP contribution in [0.4, 0.5) is 0 Å². The molecule has 1 N–H and O–H groups in total. The van der Waals surface area contributed by atoms with Crippen LogP contribution in [0.3, 0.4) is 0 Å². The highest BCUT2D eigenvalue weighted by Crippen LogP contribution is 2.29. The smallest absolute Gasteiger partial charge is 0.341 e. The molecule has 3 fully saturated rings. The molecule has 2 aromatic rings. The van der Waals surface area contributed by atoms with Crippen molar-refractivity contribution in [1.82, 2.24) is 19.8 Å². The first-order chi connectivity index (χ1) is 11.5. The van der Waals surface area contributed by atoms with Gasteiger partial charge < -0.3 is 14.8 Å². The lowest BCUT2D eigenvalue weighted by Gasteiger charge is -2.32. The summed E-state index contributed by atoms with van der Waals surface area (Å²) in [5.41, 5.74) is 0.209. The number of likely N-dealkylation sites (N-methyl/N-ethyl adjacent to an activating group) is 1. The van der Waals surface area contributed by atoms with Crippen molar-refractivity contribution in [3.8, 4) is 0 Å². The van der Waals surface area contributed by atoms with Crippen LogP contribution in [0.15, 0.2) is 29.1 Å². The predicted molar refractivity (Wildman–Crippen MR) is 87.5 cm³/mol. The zero-order chi connectivity index (χ0) is 16.8. The first-order valence-electron chi connectivity index (χ1n) is 8.09. The molecule has 0 radical (unpaired) electrons. The molecule has 7 heteroatoms. The van der Waals surface area contributed by atoms with E-state index in [0.717, 1.165) is 12.8 Å². The van der Waals surface area contributed by atoms with E-state index >= 15 is 0 Å². The first-order valence-corrected chi connectivity index (χ1v) is 8.09. The highest BCUT2D eigenvalue weighted by molar-refractivity contribution is 6.04. The number of rotatable bonds is 1. The average Bonchev–Trinajstić information content (AvgIpc) is 2.87. The molecule has 3 saturated heterocycles. The molecule has 1 aromatic carbocycles. The Balaban J connectivity index is 1.75. The molecule has 2 atom stereocenters. The third kappa shape index (κ3) is 2.28. The number of amides is 2. The number of carbonyl (C=O) groups excluding carboxylic acids is 2. The van der Waals surface area contributed by atoms with Gasteiger partial charge in [0, 0.05) is 31.6 Å². The van der Waals surface area contributed by atoms with E-state index in [4.69, 9.17) is 0 Å². The minimum atomic E-state index is -0.539. The Morgan fingerprint density at radius 3 is 2.83 bits per heavy atom. The van der Waals surface area contributed by atoms with Crippen molar-refractivity contribution in [1.29, 1.82) is 0 Å². The Morgan fingerprint density at radius 1 is 1.21 bits per heavy atom. The first kappa shape index (κ1) is 14.9. The Kier molecular flexibility index (Phi) is 3.37.